The molecule has 3 N–H and O–H groups in total. The number of sulfonamides is 1. The summed E-state index contributed by atoms with van der Waals surface area (Å²) in [6.07, 6.45) is 3.02. The van der Waals surface area contributed by atoms with Gasteiger partial charge in [0.1, 0.15) is 4.99 Å². The molecule has 0 amide bonds. The van der Waals surface area contributed by atoms with Crippen molar-refractivity contribution in [1.82, 2.24) is 4.72 Å². The number of nitrogens with two attached hydrogens (primary N) is 1. The van der Waals surface area contributed by atoms with Crippen LogP contribution in [0.2, 0.25) is 0 Å². The van der Waals surface area contributed by atoms with Gasteiger partial charge >= 0.3 is 0 Å². The molecule has 1 aliphatic rings. The van der Waals surface area contributed by atoms with Gasteiger partial charge in [-0.3, -0.25) is 0 Å². The molecule has 1 fully saturated rings. The first-order valence-corrected chi connectivity index (χ1v) is 9.14. The first-order chi connectivity index (χ1) is 9.70. The quantitative estimate of drug-likeness (QED) is 0.815. The van der Waals surface area contributed by atoms with Gasteiger partial charge in [0.25, 0.3) is 0 Å². The minimum atomic E-state index is -3.37. The van der Waals surface area contributed by atoms with Gasteiger partial charge in [0.2, 0.25) is 10.0 Å². The van der Waals surface area contributed by atoms with Crippen molar-refractivity contribution in [3.63, 3.8) is 0 Å². The van der Waals surface area contributed by atoms with Crippen LogP contribution in [-0.2, 0) is 15.8 Å². The van der Waals surface area contributed by atoms with Gasteiger partial charge in [-0.25, -0.2) is 13.1 Å². The van der Waals surface area contributed by atoms with E-state index >= 15 is 0 Å². The first-order valence-electron chi connectivity index (χ1n) is 7.08. The lowest BCUT2D eigenvalue weighted by molar-refractivity contribution is 0.313. The number of thiocarbonyl (C=S) groups is 1. The van der Waals surface area contributed by atoms with E-state index in [9.17, 15) is 8.42 Å². The summed E-state index contributed by atoms with van der Waals surface area (Å²) in [5, 5.41) is 0. The lowest BCUT2D eigenvalue weighted by Crippen LogP contribution is -2.41. The molecule has 0 aliphatic heterocycles. The van der Waals surface area contributed by atoms with Crippen molar-refractivity contribution in [2.45, 2.75) is 44.9 Å². The van der Waals surface area contributed by atoms with E-state index in [1.807, 2.05) is 0 Å². The van der Waals surface area contributed by atoms with Crippen molar-refractivity contribution in [1.29, 1.82) is 0 Å². The Bertz CT molecular complexity index is 639. The monoisotopic (exact) mass is 326 g/mol. The van der Waals surface area contributed by atoms with Crippen LogP contribution < -0.4 is 10.5 Å². The third kappa shape index (κ3) is 4.25. The molecule has 2 rings (SSSR count). The predicted octanol–water partition coefficient (Wildman–Crippen LogP) is 2.32. The normalized spacial score (nSPS) is 21.3. The molecule has 116 valence electrons. The van der Waals surface area contributed by atoms with Gasteiger partial charge in [-0.05, 0) is 29.9 Å². The van der Waals surface area contributed by atoms with E-state index in [1.165, 1.54) is 0 Å². The maximum absolute atomic E-state index is 12.3. The Morgan fingerprint density at radius 1 is 1.48 bits per heavy atom. The highest BCUT2D eigenvalue weighted by molar-refractivity contribution is 7.88. The van der Waals surface area contributed by atoms with Crippen molar-refractivity contribution in [2.75, 3.05) is 0 Å². The zero-order valence-electron chi connectivity index (χ0n) is 12.4. The van der Waals surface area contributed by atoms with Gasteiger partial charge in [-0.2, -0.15) is 0 Å². The maximum Gasteiger partial charge on any atom is 0.216 e. The average molecular weight is 326 g/mol. The number of hydrogen-bond donors (Lipinski definition) is 2. The van der Waals surface area contributed by atoms with Crippen LogP contribution in [0.1, 0.15) is 44.2 Å². The molecule has 1 aromatic rings. The molecule has 0 spiro atoms. The molecule has 0 radical (unpaired) electrons. The third-order valence-corrected chi connectivity index (χ3v) is 5.74. The minimum Gasteiger partial charge on any atom is -0.389 e. The predicted molar refractivity (Wildman–Crippen MR) is 89.5 cm³/mol. The topological polar surface area (TPSA) is 72.2 Å². The van der Waals surface area contributed by atoms with E-state index in [0.717, 1.165) is 19.3 Å². The van der Waals surface area contributed by atoms with Gasteiger partial charge in [0.05, 0.1) is 5.75 Å². The highest BCUT2D eigenvalue weighted by Gasteiger charge is 2.36. The van der Waals surface area contributed by atoms with Crippen LogP contribution in [0.15, 0.2) is 24.3 Å². The second kappa shape index (κ2) is 6.02. The Kier molecular flexibility index (Phi) is 4.70. The van der Waals surface area contributed by atoms with E-state index in [2.05, 4.69) is 18.6 Å². The first kappa shape index (κ1) is 16.4. The maximum atomic E-state index is 12.3. The Labute approximate surface area is 132 Å². The van der Waals surface area contributed by atoms with Crippen molar-refractivity contribution in [3.8, 4) is 0 Å². The number of benzene rings is 1. The molecule has 6 heteroatoms. The molecule has 21 heavy (non-hydrogen) atoms. The van der Waals surface area contributed by atoms with Gasteiger partial charge in [-0.1, -0.05) is 50.7 Å². The molecule has 1 atom stereocenters. The van der Waals surface area contributed by atoms with Crippen molar-refractivity contribution < 1.29 is 8.42 Å². The second-order valence-electron chi connectivity index (χ2n) is 6.37. The summed E-state index contributed by atoms with van der Waals surface area (Å²) in [7, 11) is -3.37. The molecule has 4 nitrogen and oxygen atoms in total. The highest BCUT2D eigenvalue weighted by atomic mass is 32.2. The molecule has 0 saturated heterocycles. The smallest absolute Gasteiger partial charge is 0.216 e. The average Bonchev–Trinajstić information content (AvgIpc) is 2.67. The van der Waals surface area contributed by atoms with Gasteiger partial charge < -0.3 is 5.73 Å². The van der Waals surface area contributed by atoms with Crippen LogP contribution in [0.5, 0.6) is 0 Å². The summed E-state index contributed by atoms with van der Waals surface area (Å²) in [5.41, 5.74) is 6.99. The summed E-state index contributed by atoms with van der Waals surface area (Å²) >= 11 is 4.92. The molecular formula is C15H22N2O2S2. The van der Waals surface area contributed by atoms with Gasteiger partial charge in [0.15, 0.2) is 0 Å². The number of rotatable bonds is 5. The Morgan fingerprint density at radius 2 is 2.19 bits per heavy atom. The van der Waals surface area contributed by atoms with E-state index in [1.54, 1.807) is 24.3 Å². The molecular weight excluding hydrogens is 304 g/mol. The molecule has 0 heterocycles. The van der Waals surface area contributed by atoms with Crippen molar-refractivity contribution in [3.05, 3.63) is 35.4 Å². The molecule has 1 unspecified atom stereocenters. The van der Waals surface area contributed by atoms with E-state index in [0.29, 0.717) is 11.1 Å². The largest absolute Gasteiger partial charge is 0.389 e. The summed E-state index contributed by atoms with van der Waals surface area (Å²) in [6.45, 7) is 4.22. The Balaban J connectivity index is 2.11. The second-order valence-corrected chi connectivity index (χ2v) is 8.57. The molecule has 1 aliphatic carbocycles. The van der Waals surface area contributed by atoms with Crippen LogP contribution in [0.3, 0.4) is 0 Å². The minimum absolute atomic E-state index is 0.0151. The summed E-state index contributed by atoms with van der Waals surface area (Å²) in [5.74, 6) is -0.0456. The summed E-state index contributed by atoms with van der Waals surface area (Å²) in [6, 6.07) is 7.09. The SMILES string of the molecule is CC1(C)CCCC1NS(=O)(=O)Cc1cccc(C(N)=S)c1. The van der Waals surface area contributed by atoms with Gasteiger partial charge in [0, 0.05) is 11.6 Å². The van der Waals surface area contributed by atoms with Crippen LogP contribution >= 0.6 is 12.2 Å². The van der Waals surface area contributed by atoms with E-state index in [-0.39, 0.29) is 22.2 Å². The van der Waals surface area contributed by atoms with Crippen LogP contribution in [0.4, 0.5) is 0 Å². The fourth-order valence-corrected chi connectivity index (χ4v) is 4.54. The Morgan fingerprint density at radius 3 is 2.76 bits per heavy atom. The van der Waals surface area contributed by atoms with Crippen LogP contribution in [0.25, 0.3) is 0 Å². The summed E-state index contributed by atoms with van der Waals surface area (Å²) < 4.78 is 27.6. The Hall–Kier alpha value is -0.980. The molecule has 0 aromatic heterocycles. The van der Waals surface area contributed by atoms with E-state index in [4.69, 9.17) is 18.0 Å². The molecule has 1 aromatic carbocycles. The highest BCUT2D eigenvalue weighted by Crippen LogP contribution is 2.37. The zero-order chi connectivity index (χ0) is 15.7. The molecule has 0 bridgehead atoms. The molecule has 1 saturated carbocycles. The standard InChI is InChI=1S/C15H22N2O2S2/c1-15(2)8-4-7-13(15)17-21(18,19)10-11-5-3-6-12(9-11)14(16)20/h3,5-6,9,13,17H,4,7-8,10H2,1-2H3,(H2,16,20). The fourth-order valence-electron chi connectivity index (χ4n) is 2.84. The lowest BCUT2D eigenvalue weighted by atomic mass is 9.88. The van der Waals surface area contributed by atoms with Crippen LogP contribution in [-0.4, -0.2) is 19.4 Å². The summed E-state index contributed by atoms with van der Waals surface area (Å²) in [4.78, 5) is 0.277. The van der Waals surface area contributed by atoms with E-state index < -0.39 is 10.0 Å². The van der Waals surface area contributed by atoms with Gasteiger partial charge in [-0.15, -0.1) is 0 Å². The van der Waals surface area contributed by atoms with Crippen molar-refractivity contribution in [2.24, 2.45) is 11.1 Å². The number of nitrogens with one attached hydrogen (secondary N) is 1. The van der Waals surface area contributed by atoms with Crippen molar-refractivity contribution >= 4 is 27.2 Å². The third-order valence-electron chi connectivity index (χ3n) is 4.15. The zero-order valence-corrected chi connectivity index (χ0v) is 14.1. The lowest BCUT2D eigenvalue weighted by Gasteiger charge is -2.27. The fraction of sp³-hybridized carbons (Fsp3) is 0.533. The number of hydrogen-bond acceptors (Lipinski definition) is 3. The van der Waals surface area contributed by atoms with Crippen LogP contribution in [0, 0.1) is 5.41 Å².